The third-order valence-corrected chi connectivity index (χ3v) is 4.39. The fourth-order valence-corrected chi connectivity index (χ4v) is 3.02. The molecule has 14 heteroatoms. The summed E-state index contributed by atoms with van der Waals surface area (Å²) in [5.74, 6) is -4.38. The van der Waals surface area contributed by atoms with Crippen molar-refractivity contribution >= 4 is 29.1 Å². The number of aliphatic carboxylic acids is 2. The summed E-state index contributed by atoms with van der Waals surface area (Å²) in [5.41, 5.74) is 13.1. The molecule has 2 unspecified atom stereocenters. The highest BCUT2D eigenvalue weighted by molar-refractivity contribution is 7.08. The molecule has 2 heterocycles. The normalized spacial score (nSPS) is 17.8. The lowest BCUT2D eigenvalue weighted by molar-refractivity contribution is -0.193. The Kier molecular flexibility index (Phi) is 11.4. The van der Waals surface area contributed by atoms with Crippen LogP contribution in [0, 0.1) is 0 Å². The first-order chi connectivity index (χ1) is 13.7. The van der Waals surface area contributed by atoms with Gasteiger partial charge in [0.1, 0.15) is 0 Å². The van der Waals surface area contributed by atoms with E-state index in [-0.39, 0.29) is 6.04 Å². The van der Waals surface area contributed by atoms with Crippen molar-refractivity contribution in [3.63, 3.8) is 0 Å². The molecule has 0 saturated carbocycles. The molecule has 2 rings (SSSR count). The van der Waals surface area contributed by atoms with Gasteiger partial charge in [0.15, 0.2) is 0 Å². The fourth-order valence-electron chi connectivity index (χ4n) is 2.29. The van der Waals surface area contributed by atoms with Crippen molar-refractivity contribution in [2.45, 2.75) is 50.0 Å². The molecule has 30 heavy (non-hydrogen) atoms. The van der Waals surface area contributed by atoms with Gasteiger partial charge in [-0.25, -0.2) is 9.59 Å². The minimum absolute atomic E-state index is 0.280. The number of halogens is 6. The van der Waals surface area contributed by atoms with Crippen molar-refractivity contribution in [1.29, 1.82) is 0 Å². The van der Waals surface area contributed by atoms with Gasteiger partial charge in [0.2, 0.25) is 0 Å². The zero-order chi connectivity index (χ0) is 23.5. The lowest BCUT2D eigenvalue weighted by Gasteiger charge is -2.21. The molecule has 0 aromatic carbocycles. The standard InChI is InChI=1S/C12H19N3S.2C2HF3O2/c13-7-10(9-5-6-16-8-9)11-3-1-2-4-12(14)15-11;2*3-2(4,5)1(6)7/h5-6,8,10-11H,1-4,7,13H2,(H2,14,15);2*(H,6,7). The average Bonchev–Trinajstić information content (AvgIpc) is 3.04. The highest BCUT2D eigenvalue weighted by Crippen LogP contribution is 2.28. The quantitative estimate of drug-likeness (QED) is 0.505. The van der Waals surface area contributed by atoms with E-state index in [1.807, 2.05) is 0 Å². The second-order valence-electron chi connectivity index (χ2n) is 5.94. The number of carboxylic acid groups (broad SMARTS) is 2. The van der Waals surface area contributed by atoms with E-state index in [0.717, 1.165) is 25.1 Å². The summed E-state index contributed by atoms with van der Waals surface area (Å²) in [6, 6.07) is 2.43. The number of carboxylic acids is 2. The molecule has 6 N–H and O–H groups in total. The van der Waals surface area contributed by atoms with Gasteiger partial charge < -0.3 is 21.7 Å². The van der Waals surface area contributed by atoms with Gasteiger partial charge >= 0.3 is 24.3 Å². The number of aliphatic imine (C=N–C) groups is 1. The van der Waals surface area contributed by atoms with Crippen LogP contribution in [-0.4, -0.2) is 52.9 Å². The van der Waals surface area contributed by atoms with Crippen molar-refractivity contribution in [3.8, 4) is 0 Å². The Bertz CT molecular complexity index is 668. The van der Waals surface area contributed by atoms with Crippen LogP contribution in [0.4, 0.5) is 26.3 Å². The zero-order valence-electron chi connectivity index (χ0n) is 15.4. The van der Waals surface area contributed by atoms with Crippen molar-refractivity contribution in [2.75, 3.05) is 6.54 Å². The smallest absolute Gasteiger partial charge is 0.475 e. The molecule has 172 valence electrons. The number of carbonyl (C=O) groups is 2. The average molecular weight is 465 g/mol. The minimum atomic E-state index is -5.08. The maximum absolute atomic E-state index is 10.6. The molecule has 1 aliphatic heterocycles. The van der Waals surface area contributed by atoms with Crippen LogP contribution in [0.5, 0.6) is 0 Å². The van der Waals surface area contributed by atoms with E-state index < -0.39 is 24.3 Å². The van der Waals surface area contributed by atoms with Crippen LogP contribution >= 0.6 is 11.3 Å². The van der Waals surface area contributed by atoms with Gasteiger partial charge in [-0.2, -0.15) is 37.7 Å². The number of hydrogen-bond acceptors (Lipinski definition) is 6. The van der Waals surface area contributed by atoms with E-state index in [9.17, 15) is 26.3 Å². The number of nitrogens with two attached hydrogens (primary N) is 2. The Labute approximate surface area is 171 Å². The van der Waals surface area contributed by atoms with Gasteiger partial charge in [-0.15, -0.1) is 0 Å². The van der Waals surface area contributed by atoms with Crippen LogP contribution in [0.15, 0.2) is 21.8 Å². The van der Waals surface area contributed by atoms with Gasteiger partial charge in [0.05, 0.1) is 11.9 Å². The SMILES string of the molecule is NCC(c1ccsc1)C1CCCCC(N)=N1.O=C(O)C(F)(F)F.O=C(O)C(F)(F)F. The Morgan fingerprint density at radius 1 is 1.13 bits per heavy atom. The number of thiophene rings is 1. The van der Waals surface area contributed by atoms with Crippen LogP contribution in [0.1, 0.15) is 37.2 Å². The predicted octanol–water partition coefficient (Wildman–Crippen LogP) is 3.36. The molecular formula is C16H21F6N3O4S. The molecule has 0 fully saturated rings. The molecule has 1 aromatic heterocycles. The topological polar surface area (TPSA) is 139 Å². The number of amidine groups is 1. The first kappa shape index (κ1) is 27.6. The first-order valence-electron chi connectivity index (χ1n) is 8.34. The van der Waals surface area contributed by atoms with E-state index in [2.05, 4.69) is 21.8 Å². The lowest BCUT2D eigenvalue weighted by Crippen LogP contribution is -2.26. The zero-order valence-corrected chi connectivity index (χ0v) is 16.2. The van der Waals surface area contributed by atoms with Crippen LogP contribution in [0.2, 0.25) is 0 Å². The predicted molar refractivity (Wildman–Crippen MR) is 97.4 cm³/mol. The molecule has 2 atom stereocenters. The first-order valence-corrected chi connectivity index (χ1v) is 9.29. The Hall–Kier alpha value is -2.35. The van der Waals surface area contributed by atoms with Crippen molar-refractivity contribution in [3.05, 3.63) is 22.4 Å². The molecule has 1 aliphatic rings. The van der Waals surface area contributed by atoms with Crippen LogP contribution < -0.4 is 11.5 Å². The van der Waals surface area contributed by atoms with Crippen LogP contribution in [-0.2, 0) is 9.59 Å². The second-order valence-corrected chi connectivity index (χ2v) is 6.72. The molecule has 0 radical (unpaired) electrons. The molecular weight excluding hydrogens is 444 g/mol. The molecule has 0 spiro atoms. The highest BCUT2D eigenvalue weighted by Gasteiger charge is 2.38. The summed E-state index contributed by atoms with van der Waals surface area (Å²) in [6.07, 6.45) is -5.75. The summed E-state index contributed by atoms with van der Waals surface area (Å²) in [4.78, 5) is 22.4. The molecule has 0 amide bonds. The minimum Gasteiger partial charge on any atom is -0.475 e. The lowest BCUT2D eigenvalue weighted by atomic mass is 9.91. The van der Waals surface area contributed by atoms with Gasteiger partial charge in [-0.05, 0) is 35.2 Å². The number of nitrogens with zero attached hydrogens (tertiary/aromatic N) is 1. The maximum atomic E-state index is 10.6. The van der Waals surface area contributed by atoms with E-state index in [1.165, 1.54) is 12.0 Å². The Balaban J connectivity index is 0.000000503. The van der Waals surface area contributed by atoms with Crippen molar-refractivity contribution in [2.24, 2.45) is 16.5 Å². The monoisotopic (exact) mass is 465 g/mol. The van der Waals surface area contributed by atoms with Gasteiger partial charge in [-0.1, -0.05) is 6.42 Å². The summed E-state index contributed by atoms with van der Waals surface area (Å²) in [7, 11) is 0. The van der Waals surface area contributed by atoms with Gasteiger partial charge in [-0.3, -0.25) is 4.99 Å². The van der Waals surface area contributed by atoms with Crippen molar-refractivity contribution < 1.29 is 46.1 Å². The Morgan fingerprint density at radius 2 is 1.63 bits per heavy atom. The van der Waals surface area contributed by atoms with E-state index in [4.69, 9.17) is 31.3 Å². The fraction of sp³-hybridized carbons (Fsp3) is 0.562. The second kappa shape index (κ2) is 12.4. The highest BCUT2D eigenvalue weighted by atomic mass is 32.1. The molecule has 1 aromatic rings. The third-order valence-electron chi connectivity index (χ3n) is 3.69. The van der Waals surface area contributed by atoms with Gasteiger partial charge in [0, 0.05) is 18.9 Å². The Morgan fingerprint density at radius 3 is 2.00 bits per heavy atom. The molecule has 0 saturated heterocycles. The van der Waals surface area contributed by atoms with E-state index in [1.54, 1.807) is 11.3 Å². The summed E-state index contributed by atoms with van der Waals surface area (Å²) in [6.45, 7) is 0.651. The van der Waals surface area contributed by atoms with Crippen LogP contribution in [0.25, 0.3) is 0 Å². The molecule has 0 bridgehead atoms. The molecule has 7 nitrogen and oxygen atoms in total. The van der Waals surface area contributed by atoms with E-state index >= 15 is 0 Å². The van der Waals surface area contributed by atoms with Crippen molar-refractivity contribution in [1.82, 2.24) is 0 Å². The van der Waals surface area contributed by atoms with Gasteiger partial charge in [0.25, 0.3) is 0 Å². The number of alkyl halides is 6. The van der Waals surface area contributed by atoms with Crippen LogP contribution in [0.3, 0.4) is 0 Å². The summed E-state index contributed by atoms with van der Waals surface area (Å²) in [5, 5.41) is 18.5. The maximum Gasteiger partial charge on any atom is 0.490 e. The van der Waals surface area contributed by atoms with E-state index in [0.29, 0.717) is 12.5 Å². The summed E-state index contributed by atoms with van der Waals surface area (Å²) < 4.78 is 63.5. The number of hydrogen-bond donors (Lipinski definition) is 4. The largest absolute Gasteiger partial charge is 0.490 e. The third kappa shape index (κ3) is 11.0. The molecule has 0 aliphatic carbocycles. The number of rotatable bonds is 3. The summed E-state index contributed by atoms with van der Waals surface area (Å²) >= 11 is 1.72.